The largest absolute Gasteiger partial charge is 0.453 e. The smallest absolute Gasteiger partial charge is 0.415 e. The van der Waals surface area contributed by atoms with E-state index in [4.69, 9.17) is 4.74 Å². The molecule has 2 aromatic heterocycles. The Morgan fingerprint density at radius 3 is 2.83 bits per heavy atom. The van der Waals surface area contributed by atoms with Gasteiger partial charge in [0.2, 0.25) is 0 Å². The van der Waals surface area contributed by atoms with Crippen molar-refractivity contribution in [1.82, 2.24) is 25.1 Å². The maximum Gasteiger partial charge on any atom is 0.415 e. The van der Waals surface area contributed by atoms with E-state index >= 15 is 0 Å². The number of nitrogens with zero attached hydrogens (tertiary/aromatic N) is 3. The van der Waals surface area contributed by atoms with Gasteiger partial charge in [0, 0.05) is 50.2 Å². The normalized spacial score (nSPS) is 21.5. The summed E-state index contributed by atoms with van der Waals surface area (Å²) < 4.78 is 51.4. The number of ether oxygens (including phenoxy) is 2. The SMILES string of the molecule is COC(=O)NCCCn1cc([C@@H](C)N(C(=O)[C@H]2CNC[C@@H](C(F)(F)F)O2)C2CC2)c2ncccc21. The third kappa shape index (κ3) is 5.69. The number of nitrogens with one attached hydrogen (secondary N) is 2. The maximum absolute atomic E-state index is 13.4. The summed E-state index contributed by atoms with van der Waals surface area (Å²) in [5.74, 6) is -0.444. The number of morpholine rings is 1. The number of aromatic nitrogens is 2. The van der Waals surface area contributed by atoms with Crippen LogP contribution in [0.2, 0.25) is 0 Å². The van der Waals surface area contributed by atoms with Gasteiger partial charge in [0.25, 0.3) is 5.91 Å². The first kappa shape index (κ1) is 25.2. The van der Waals surface area contributed by atoms with E-state index in [2.05, 4.69) is 20.4 Å². The second kappa shape index (κ2) is 10.4. The summed E-state index contributed by atoms with van der Waals surface area (Å²) in [4.78, 5) is 30.9. The van der Waals surface area contributed by atoms with Crippen molar-refractivity contribution < 1.29 is 32.2 Å². The molecule has 3 atom stereocenters. The highest BCUT2D eigenvalue weighted by molar-refractivity contribution is 5.85. The molecule has 0 bridgehead atoms. The minimum atomic E-state index is -4.54. The van der Waals surface area contributed by atoms with Gasteiger partial charge >= 0.3 is 12.3 Å². The second-order valence-electron chi connectivity index (χ2n) is 8.89. The molecule has 0 aromatic carbocycles. The van der Waals surface area contributed by atoms with E-state index in [1.54, 1.807) is 11.1 Å². The number of carbonyl (C=O) groups is 2. The minimum Gasteiger partial charge on any atom is -0.453 e. The van der Waals surface area contributed by atoms with Crippen LogP contribution in [-0.4, -0.2) is 77.6 Å². The first-order chi connectivity index (χ1) is 16.7. The summed E-state index contributed by atoms with van der Waals surface area (Å²) in [6.07, 6.45) is -2.41. The molecule has 35 heavy (non-hydrogen) atoms. The van der Waals surface area contributed by atoms with Gasteiger partial charge in [0.15, 0.2) is 6.10 Å². The Morgan fingerprint density at radius 2 is 2.14 bits per heavy atom. The van der Waals surface area contributed by atoms with Crippen LogP contribution in [0.1, 0.15) is 37.8 Å². The quantitative estimate of drug-likeness (QED) is 0.545. The third-order valence-electron chi connectivity index (χ3n) is 6.39. The molecule has 1 aliphatic heterocycles. The molecule has 2 N–H and O–H groups in total. The Hall–Kier alpha value is -2.86. The van der Waals surface area contributed by atoms with Crippen molar-refractivity contribution in [2.45, 2.75) is 63.2 Å². The zero-order valence-electron chi connectivity index (χ0n) is 19.7. The number of alkyl carbamates (subject to hydrolysis) is 1. The molecule has 1 saturated carbocycles. The van der Waals surface area contributed by atoms with E-state index in [0.29, 0.717) is 19.5 Å². The van der Waals surface area contributed by atoms with Crippen molar-refractivity contribution in [3.05, 3.63) is 30.1 Å². The standard InChI is InChI=1S/C23H30F3N5O4/c1-14(31(15-6-7-15)21(32)18-11-27-12-19(35-18)23(24,25)26)16-13-30(10-4-9-29-22(33)34-2)17-5-3-8-28-20(16)17/h3,5,8,13-15,18-19,27H,4,6-7,9-12H2,1-2H3,(H,29,33)/t14-,18-,19+/m1/s1. The fraction of sp³-hybridized carbons (Fsp3) is 0.609. The molecule has 0 radical (unpaired) electrons. The predicted octanol–water partition coefficient (Wildman–Crippen LogP) is 2.75. The lowest BCUT2D eigenvalue weighted by Gasteiger charge is -2.36. The van der Waals surface area contributed by atoms with Crippen LogP contribution in [-0.2, 0) is 20.8 Å². The Kier molecular flexibility index (Phi) is 7.50. The zero-order chi connectivity index (χ0) is 25.2. The van der Waals surface area contributed by atoms with Gasteiger partial charge in [-0.15, -0.1) is 0 Å². The Labute approximate surface area is 200 Å². The van der Waals surface area contributed by atoms with E-state index in [1.807, 2.05) is 29.8 Å². The van der Waals surface area contributed by atoms with Crippen molar-refractivity contribution >= 4 is 23.0 Å². The molecule has 3 heterocycles. The van der Waals surface area contributed by atoms with Gasteiger partial charge in [-0.25, -0.2) is 4.79 Å². The van der Waals surface area contributed by atoms with Crippen molar-refractivity contribution in [2.75, 3.05) is 26.7 Å². The molecule has 12 heteroatoms. The number of halogens is 3. The summed E-state index contributed by atoms with van der Waals surface area (Å²) in [5.41, 5.74) is 2.43. The number of hydrogen-bond acceptors (Lipinski definition) is 6. The molecule has 2 amide bonds. The summed E-state index contributed by atoms with van der Waals surface area (Å²) >= 11 is 0. The highest BCUT2D eigenvalue weighted by atomic mass is 19.4. The van der Waals surface area contributed by atoms with Gasteiger partial charge in [-0.3, -0.25) is 9.78 Å². The van der Waals surface area contributed by atoms with Gasteiger partial charge in [-0.05, 0) is 38.3 Å². The fourth-order valence-corrected chi connectivity index (χ4v) is 4.49. The molecule has 0 unspecified atom stereocenters. The topological polar surface area (TPSA) is 97.7 Å². The molecular formula is C23H30F3N5O4. The molecule has 2 aromatic rings. The van der Waals surface area contributed by atoms with Gasteiger partial charge < -0.3 is 29.6 Å². The van der Waals surface area contributed by atoms with Crippen LogP contribution in [0.15, 0.2) is 24.5 Å². The number of rotatable bonds is 8. The van der Waals surface area contributed by atoms with E-state index in [-0.39, 0.29) is 19.1 Å². The average Bonchev–Trinajstić information content (AvgIpc) is 3.61. The van der Waals surface area contributed by atoms with Crippen LogP contribution in [0.25, 0.3) is 11.0 Å². The van der Waals surface area contributed by atoms with Crippen molar-refractivity contribution in [2.24, 2.45) is 0 Å². The van der Waals surface area contributed by atoms with Gasteiger partial charge in [0.1, 0.15) is 6.10 Å². The molecule has 2 fully saturated rings. The first-order valence-electron chi connectivity index (χ1n) is 11.7. The van der Waals surface area contributed by atoms with E-state index in [0.717, 1.165) is 29.4 Å². The Balaban J connectivity index is 1.54. The summed E-state index contributed by atoms with van der Waals surface area (Å²) in [5, 5.41) is 5.34. The van der Waals surface area contributed by atoms with Gasteiger partial charge in [-0.2, -0.15) is 13.2 Å². The van der Waals surface area contributed by atoms with Crippen LogP contribution in [0.4, 0.5) is 18.0 Å². The number of amides is 2. The highest BCUT2D eigenvalue weighted by Gasteiger charge is 2.47. The molecule has 0 spiro atoms. The van der Waals surface area contributed by atoms with Crippen LogP contribution in [0, 0.1) is 0 Å². The Bertz CT molecular complexity index is 1060. The van der Waals surface area contributed by atoms with E-state index in [1.165, 1.54) is 7.11 Å². The predicted molar refractivity (Wildman–Crippen MR) is 121 cm³/mol. The summed E-state index contributed by atoms with van der Waals surface area (Å²) in [7, 11) is 1.30. The molecule has 1 aliphatic carbocycles. The summed E-state index contributed by atoms with van der Waals surface area (Å²) in [6.45, 7) is 2.57. The molecule has 2 aliphatic rings. The number of alkyl halides is 3. The van der Waals surface area contributed by atoms with Crippen molar-refractivity contribution in [3.8, 4) is 0 Å². The zero-order valence-corrected chi connectivity index (χ0v) is 19.7. The van der Waals surface area contributed by atoms with Crippen molar-refractivity contribution in [1.29, 1.82) is 0 Å². The van der Waals surface area contributed by atoms with Crippen LogP contribution in [0.3, 0.4) is 0 Å². The van der Waals surface area contributed by atoms with E-state index in [9.17, 15) is 22.8 Å². The number of carbonyl (C=O) groups excluding carboxylic acids is 2. The molecule has 4 rings (SSSR count). The van der Waals surface area contributed by atoms with Crippen LogP contribution >= 0.6 is 0 Å². The lowest BCUT2D eigenvalue weighted by molar-refractivity contribution is -0.239. The van der Waals surface area contributed by atoms with Crippen molar-refractivity contribution in [3.63, 3.8) is 0 Å². The molecule has 9 nitrogen and oxygen atoms in total. The third-order valence-corrected chi connectivity index (χ3v) is 6.39. The van der Waals surface area contributed by atoms with Gasteiger partial charge in [0.05, 0.1) is 24.2 Å². The highest BCUT2D eigenvalue weighted by Crippen LogP contribution is 2.38. The second-order valence-corrected chi connectivity index (χ2v) is 8.89. The van der Waals surface area contributed by atoms with Crippen LogP contribution in [0.5, 0.6) is 0 Å². The average molecular weight is 498 g/mol. The summed E-state index contributed by atoms with van der Waals surface area (Å²) in [6, 6.07) is 3.30. The van der Waals surface area contributed by atoms with E-state index < -0.39 is 36.4 Å². The maximum atomic E-state index is 13.4. The lowest BCUT2D eigenvalue weighted by atomic mass is 10.1. The number of fused-ring (bicyclic) bond motifs is 1. The number of aryl methyl sites for hydroxylation is 1. The Morgan fingerprint density at radius 1 is 1.37 bits per heavy atom. The monoisotopic (exact) mass is 497 g/mol. The fourth-order valence-electron chi connectivity index (χ4n) is 4.49. The first-order valence-corrected chi connectivity index (χ1v) is 11.7. The molecule has 1 saturated heterocycles. The number of hydrogen-bond donors (Lipinski definition) is 2. The van der Waals surface area contributed by atoms with Crippen LogP contribution < -0.4 is 10.6 Å². The van der Waals surface area contributed by atoms with Gasteiger partial charge in [-0.1, -0.05) is 0 Å². The number of pyridine rings is 1. The number of methoxy groups -OCH3 is 1. The molecule has 192 valence electrons. The molecular weight excluding hydrogens is 467 g/mol. The lowest BCUT2D eigenvalue weighted by Crippen LogP contribution is -2.56. The minimum absolute atomic E-state index is 0.0363.